The number of aromatic nitrogens is 3. The molecule has 2 aromatic heterocycles. The SMILES string of the molecule is CCCC(=O)ON1CCN(c2ccc3nc(-c4c(N)c5ccccc5[nH]c4=O)[nH]c3c2)CC1. The molecule has 4 N–H and O–H groups in total. The summed E-state index contributed by atoms with van der Waals surface area (Å²) in [6.45, 7) is 4.72. The van der Waals surface area contributed by atoms with Crippen molar-refractivity contribution in [3.63, 3.8) is 0 Å². The summed E-state index contributed by atoms with van der Waals surface area (Å²) >= 11 is 0. The molecule has 0 unspecified atom stereocenters. The molecule has 4 aromatic rings. The number of rotatable bonds is 5. The number of aromatic amines is 2. The third kappa shape index (κ3) is 4.03. The van der Waals surface area contributed by atoms with Crippen LogP contribution in [-0.2, 0) is 9.63 Å². The number of hydroxylamine groups is 2. The molecule has 0 amide bonds. The van der Waals surface area contributed by atoms with Crippen LogP contribution >= 0.6 is 0 Å². The number of nitrogens with two attached hydrogens (primary N) is 1. The summed E-state index contributed by atoms with van der Waals surface area (Å²) in [5.74, 6) is 0.264. The zero-order valence-electron chi connectivity index (χ0n) is 18.4. The Morgan fingerprint density at radius 1 is 1.09 bits per heavy atom. The number of anilines is 2. The number of nitrogens with zero attached hydrogens (tertiary/aromatic N) is 3. The zero-order chi connectivity index (χ0) is 22.9. The normalized spacial score (nSPS) is 14.8. The minimum absolute atomic E-state index is 0.180. The molecule has 1 aliphatic heterocycles. The summed E-state index contributed by atoms with van der Waals surface area (Å²) in [5, 5.41) is 2.52. The van der Waals surface area contributed by atoms with Gasteiger partial charge in [-0.1, -0.05) is 25.1 Å². The molecule has 33 heavy (non-hydrogen) atoms. The summed E-state index contributed by atoms with van der Waals surface area (Å²) in [7, 11) is 0. The Bertz CT molecular complexity index is 1380. The fraction of sp³-hybridized carbons (Fsp3) is 0.292. The summed E-state index contributed by atoms with van der Waals surface area (Å²) in [4.78, 5) is 42.9. The van der Waals surface area contributed by atoms with Crippen molar-refractivity contribution < 1.29 is 9.63 Å². The average Bonchev–Trinajstić information content (AvgIpc) is 3.22. The molecule has 2 aromatic carbocycles. The van der Waals surface area contributed by atoms with Crippen molar-refractivity contribution >= 4 is 39.3 Å². The first-order chi connectivity index (χ1) is 16.0. The van der Waals surface area contributed by atoms with Gasteiger partial charge in [-0.2, -0.15) is 0 Å². The second-order valence-electron chi connectivity index (χ2n) is 8.20. The first-order valence-corrected chi connectivity index (χ1v) is 11.1. The number of piperazine rings is 1. The number of hydrogen-bond donors (Lipinski definition) is 3. The summed E-state index contributed by atoms with van der Waals surface area (Å²) in [5.41, 5.74) is 10.1. The minimum Gasteiger partial charge on any atom is -0.397 e. The monoisotopic (exact) mass is 446 g/mol. The molecule has 1 aliphatic rings. The molecular formula is C24H26N6O3. The van der Waals surface area contributed by atoms with Gasteiger partial charge in [-0.25, -0.2) is 4.98 Å². The van der Waals surface area contributed by atoms with Crippen molar-refractivity contribution in [1.29, 1.82) is 0 Å². The molecule has 0 saturated carbocycles. The van der Waals surface area contributed by atoms with Gasteiger partial charge < -0.3 is 25.4 Å². The van der Waals surface area contributed by atoms with Gasteiger partial charge in [-0.15, -0.1) is 5.06 Å². The van der Waals surface area contributed by atoms with Crippen LogP contribution in [0.3, 0.4) is 0 Å². The minimum atomic E-state index is -0.278. The van der Waals surface area contributed by atoms with Crippen LogP contribution in [-0.4, -0.2) is 52.2 Å². The van der Waals surface area contributed by atoms with E-state index in [-0.39, 0.29) is 11.5 Å². The van der Waals surface area contributed by atoms with Crippen LogP contribution in [0.5, 0.6) is 0 Å². The van der Waals surface area contributed by atoms with Crippen molar-refractivity contribution in [2.75, 3.05) is 36.8 Å². The lowest BCUT2D eigenvalue weighted by atomic mass is 10.1. The second kappa shape index (κ2) is 8.59. The fourth-order valence-corrected chi connectivity index (χ4v) is 4.25. The summed E-state index contributed by atoms with van der Waals surface area (Å²) in [6, 6.07) is 13.4. The van der Waals surface area contributed by atoms with Crippen LogP contribution < -0.4 is 16.2 Å². The number of nitrogens with one attached hydrogen (secondary N) is 2. The second-order valence-corrected chi connectivity index (χ2v) is 8.20. The lowest BCUT2D eigenvalue weighted by Crippen LogP contribution is -2.47. The predicted molar refractivity (Wildman–Crippen MR) is 129 cm³/mol. The van der Waals surface area contributed by atoms with E-state index in [1.54, 1.807) is 5.06 Å². The molecule has 9 heteroatoms. The number of imidazole rings is 1. The lowest BCUT2D eigenvalue weighted by Gasteiger charge is -2.34. The van der Waals surface area contributed by atoms with Gasteiger partial charge >= 0.3 is 5.97 Å². The van der Waals surface area contributed by atoms with Gasteiger partial charge in [-0.3, -0.25) is 9.59 Å². The standard InChI is InChI=1S/C24H26N6O3/c1-2-5-20(31)33-30-12-10-29(11-13-30)15-8-9-18-19(14-15)27-23(26-18)21-22(25)16-6-3-4-7-17(16)28-24(21)32/h3-4,6-9,14H,2,5,10-13H2,1H3,(H,26,27)(H3,25,28,32). The van der Waals surface area contributed by atoms with Crippen LogP contribution in [0.4, 0.5) is 11.4 Å². The number of fused-ring (bicyclic) bond motifs is 2. The van der Waals surface area contributed by atoms with E-state index in [9.17, 15) is 9.59 Å². The molecular weight excluding hydrogens is 420 g/mol. The third-order valence-electron chi connectivity index (χ3n) is 5.95. The highest BCUT2D eigenvalue weighted by atomic mass is 16.7. The summed E-state index contributed by atoms with van der Waals surface area (Å²) < 4.78 is 0. The predicted octanol–water partition coefficient (Wildman–Crippen LogP) is 3.03. The van der Waals surface area contributed by atoms with Crippen LogP contribution in [0.1, 0.15) is 19.8 Å². The highest BCUT2D eigenvalue weighted by Crippen LogP contribution is 2.29. The van der Waals surface area contributed by atoms with Crippen molar-refractivity contribution in [3.05, 3.63) is 52.8 Å². The Morgan fingerprint density at radius 3 is 2.67 bits per heavy atom. The number of pyridine rings is 1. The van der Waals surface area contributed by atoms with Crippen molar-refractivity contribution in [1.82, 2.24) is 20.0 Å². The van der Waals surface area contributed by atoms with E-state index >= 15 is 0 Å². The fourth-order valence-electron chi connectivity index (χ4n) is 4.25. The summed E-state index contributed by atoms with van der Waals surface area (Å²) in [6.07, 6.45) is 1.21. The first kappa shape index (κ1) is 21.0. The van der Waals surface area contributed by atoms with Crippen LogP contribution in [0.2, 0.25) is 0 Å². The van der Waals surface area contributed by atoms with Crippen molar-refractivity contribution in [2.45, 2.75) is 19.8 Å². The van der Waals surface area contributed by atoms with Gasteiger partial charge in [0.1, 0.15) is 11.4 Å². The number of H-pyrrole nitrogens is 2. The van der Waals surface area contributed by atoms with Gasteiger partial charge in [0.25, 0.3) is 5.56 Å². The highest BCUT2D eigenvalue weighted by Gasteiger charge is 2.21. The smallest absolute Gasteiger partial charge is 0.325 e. The van der Waals surface area contributed by atoms with E-state index in [1.165, 1.54) is 0 Å². The number of carbonyl (C=O) groups excluding carboxylic acids is 1. The molecule has 9 nitrogen and oxygen atoms in total. The van der Waals surface area contributed by atoms with Gasteiger partial charge in [-0.05, 0) is 30.7 Å². The average molecular weight is 447 g/mol. The molecule has 0 aliphatic carbocycles. The maximum Gasteiger partial charge on any atom is 0.325 e. The molecule has 0 bridgehead atoms. The number of carbonyl (C=O) groups is 1. The Morgan fingerprint density at radius 2 is 1.88 bits per heavy atom. The Kier molecular flexibility index (Phi) is 5.47. The lowest BCUT2D eigenvalue weighted by molar-refractivity contribution is -0.191. The molecule has 5 rings (SSSR count). The Hall–Kier alpha value is -3.85. The largest absolute Gasteiger partial charge is 0.397 e. The van der Waals surface area contributed by atoms with Crippen LogP contribution in [0.15, 0.2) is 47.3 Å². The van der Waals surface area contributed by atoms with E-state index in [4.69, 9.17) is 10.6 Å². The molecule has 1 fully saturated rings. The van der Waals surface area contributed by atoms with Crippen LogP contribution in [0.25, 0.3) is 33.3 Å². The van der Waals surface area contributed by atoms with E-state index in [1.807, 2.05) is 49.4 Å². The molecule has 170 valence electrons. The number of para-hydroxylation sites is 1. The maximum absolute atomic E-state index is 12.7. The van der Waals surface area contributed by atoms with Crippen molar-refractivity contribution in [3.8, 4) is 11.4 Å². The molecule has 3 heterocycles. The molecule has 0 atom stereocenters. The molecule has 0 spiro atoms. The topological polar surface area (TPSA) is 120 Å². The molecule has 1 saturated heterocycles. The Balaban J connectivity index is 1.39. The Labute approximate surface area is 190 Å². The van der Waals surface area contributed by atoms with Crippen LogP contribution in [0, 0.1) is 0 Å². The van der Waals surface area contributed by atoms with Gasteiger partial charge in [0.15, 0.2) is 0 Å². The first-order valence-electron chi connectivity index (χ1n) is 11.1. The maximum atomic E-state index is 12.7. The third-order valence-corrected chi connectivity index (χ3v) is 5.95. The number of benzene rings is 2. The van der Waals surface area contributed by atoms with Gasteiger partial charge in [0.2, 0.25) is 0 Å². The zero-order valence-corrected chi connectivity index (χ0v) is 18.4. The van der Waals surface area contributed by atoms with E-state index in [2.05, 4.69) is 19.9 Å². The molecule has 0 radical (unpaired) electrons. The highest BCUT2D eigenvalue weighted by molar-refractivity contribution is 5.97. The quantitative estimate of drug-likeness (QED) is 0.431. The number of hydrogen-bond acceptors (Lipinski definition) is 7. The van der Waals surface area contributed by atoms with E-state index in [0.29, 0.717) is 42.1 Å². The number of nitrogen functional groups attached to an aromatic ring is 1. The van der Waals surface area contributed by atoms with Gasteiger partial charge in [0.05, 0.1) is 35.3 Å². The van der Waals surface area contributed by atoms with Crippen molar-refractivity contribution in [2.24, 2.45) is 0 Å². The van der Waals surface area contributed by atoms with E-state index < -0.39 is 0 Å². The van der Waals surface area contributed by atoms with Gasteiger partial charge in [0, 0.05) is 30.6 Å². The van der Waals surface area contributed by atoms with E-state index in [0.717, 1.165) is 41.6 Å².